The van der Waals surface area contributed by atoms with E-state index in [2.05, 4.69) is 20.8 Å². The fraction of sp³-hybridized carbons (Fsp3) is 0.296. The topological polar surface area (TPSA) is 120 Å². The van der Waals surface area contributed by atoms with Gasteiger partial charge in [0, 0.05) is 40.9 Å². The average Bonchev–Trinajstić information content (AvgIpc) is 3.58. The summed E-state index contributed by atoms with van der Waals surface area (Å²) in [7, 11) is 1.53. The van der Waals surface area contributed by atoms with E-state index < -0.39 is 11.8 Å². The Hall–Kier alpha value is -4.38. The van der Waals surface area contributed by atoms with Crippen LogP contribution < -0.4 is 24.8 Å². The highest BCUT2D eigenvalue weighted by Gasteiger charge is 2.24. The second kappa shape index (κ2) is 10.2. The van der Waals surface area contributed by atoms with Crippen molar-refractivity contribution in [3.8, 4) is 23.0 Å². The molecular weight excluding hydrogens is 495 g/mol. The van der Waals surface area contributed by atoms with Crippen molar-refractivity contribution in [3.05, 3.63) is 60.2 Å². The lowest BCUT2D eigenvalue weighted by molar-refractivity contribution is 0.252. The Balaban J connectivity index is 1.29. The van der Waals surface area contributed by atoms with Crippen LogP contribution in [0.2, 0.25) is 0 Å². The van der Waals surface area contributed by atoms with Crippen molar-refractivity contribution >= 4 is 28.4 Å². The standard InChI is InChI=1S/C27H27FN4O6/c1-27(2,3)24-12-25(32-38-24)31-26(33)30-15-5-6-21(18(28)9-15)37-20-7-8-29-19-11-23(36-14-16-13-35-16)22(34-4)10-17(19)20/h5-12,16H,13-14H2,1-4H3,(H2,30,31,32,33). The van der Waals surface area contributed by atoms with Gasteiger partial charge in [0.1, 0.15) is 24.2 Å². The van der Waals surface area contributed by atoms with E-state index in [1.165, 1.54) is 19.2 Å². The molecule has 198 valence electrons. The Morgan fingerprint density at radius 2 is 1.89 bits per heavy atom. The molecule has 0 radical (unpaired) electrons. The first kappa shape index (κ1) is 25.3. The van der Waals surface area contributed by atoms with Crippen LogP contribution in [0.15, 0.2) is 53.2 Å². The molecule has 1 saturated heterocycles. The molecular formula is C27H27FN4O6. The van der Waals surface area contributed by atoms with Crippen molar-refractivity contribution in [1.82, 2.24) is 10.1 Å². The molecule has 0 bridgehead atoms. The number of carbonyl (C=O) groups excluding carboxylic acids is 1. The van der Waals surface area contributed by atoms with Crippen LogP contribution in [0.1, 0.15) is 26.5 Å². The van der Waals surface area contributed by atoms with Crippen LogP contribution in [-0.2, 0) is 10.2 Å². The van der Waals surface area contributed by atoms with Gasteiger partial charge in [-0.3, -0.25) is 10.3 Å². The normalized spacial score (nSPS) is 14.7. The summed E-state index contributed by atoms with van der Waals surface area (Å²) in [6.45, 7) is 6.99. The van der Waals surface area contributed by atoms with Crippen LogP contribution in [0.5, 0.6) is 23.0 Å². The molecule has 38 heavy (non-hydrogen) atoms. The van der Waals surface area contributed by atoms with Crippen LogP contribution in [0.3, 0.4) is 0 Å². The molecule has 10 nitrogen and oxygen atoms in total. The molecule has 2 amide bonds. The number of carbonyl (C=O) groups is 1. The van der Waals surface area contributed by atoms with Gasteiger partial charge in [-0.25, -0.2) is 9.18 Å². The van der Waals surface area contributed by atoms with Gasteiger partial charge in [0.2, 0.25) is 0 Å². The van der Waals surface area contributed by atoms with E-state index in [1.54, 1.807) is 30.5 Å². The molecule has 2 N–H and O–H groups in total. The molecule has 2 aromatic carbocycles. The Labute approximate surface area is 218 Å². The number of fused-ring (bicyclic) bond motifs is 1. The molecule has 0 aliphatic carbocycles. The van der Waals surface area contributed by atoms with Crippen LogP contribution >= 0.6 is 0 Å². The molecule has 5 rings (SSSR count). The molecule has 1 aliphatic rings. The van der Waals surface area contributed by atoms with Gasteiger partial charge in [-0.2, -0.15) is 0 Å². The van der Waals surface area contributed by atoms with E-state index in [-0.39, 0.29) is 28.8 Å². The number of methoxy groups -OCH3 is 1. The van der Waals surface area contributed by atoms with Gasteiger partial charge < -0.3 is 28.8 Å². The summed E-state index contributed by atoms with van der Waals surface area (Å²) in [5, 5.41) is 9.59. The third-order valence-corrected chi connectivity index (χ3v) is 5.71. The van der Waals surface area contributed by atoms with E-state index in [0.717, 1.165) is 6.07 Å². The number of pyridine rings is 1. The zero-order chi connectivity index (χ0) is 26.9. The van der Waals surface area contributed by atoms with Crippen molar-refractivity contribution in [1.29, 1.82) is 0 Å². The van der Waals surface area contributed by atoms with Gasteiger partial charge in [0.05, 0.1) is 19.2 Å². The Morgan fingerprint density at radius 1 is 1.08 bits per heavy atom. The summed E-state index contributed by atoms with van der Waals surface area (Å²) >= 11 is 0. The number of benzene rings is 2. The van der Waals surface area contributed by atoms with Crippen LogP contribution in [-0.4, -0.2) is 42.6 Å². The minimum Gasteiger partial charge on any atom is -0.493 e. The van der Waals surface area contributed by atoms with Crippen molar-refractivity contribution in [2.75, 3.05) is 31.0 Å². The smallest absolute Gasteiger partial charge is 0.324 e. The van der Waals surface area contributed by atoms with Gasteiger partial charge in [-0.05, 0) is 24.3 Å². The highest BCUT2D eigenvalue weighted by Crippen LogP contribution is 2.38. The summed E-state index contributed by atoms with van der Waals surface area (Å²) in [6, 6.07) is 10.3. The monoisotopic (exact) mass is 522 g/mol. The maximum Gasteiger partial charge on any atom is 0.324 e. The molecule has 1 unspecified atom stereocenters. The fourth-order valence-corrected chi connectivity index (χ4v) is 3.58. The highest BCUT2D eigenvalue weighted by atomic mass is 19.1. The van der Waals surface area contributed by atoms with Crippen molar-refractivity contribution in [2.45, 2.75) is 32.3 Å². The number of rotatable bonds is 8. The number of aromatic nitrogens is 2. The first-order valence-electron chi connectivity index (χ1n) is 11.9. The first-order chi connectivity index (χ1) is 18.2. The number of epoxide rings is 1. The maximum atomic E-state index is 14.9. The molecule has 1 fully saturated rings. The van der Waals surface area contributed by atoms with Crippen LogP contribution in [0.4, 0.5) is 20.7 Å². The quantitative estimate of drug-likeness (QED) is 0.275. The van der Waals surface area contributed by atoms with E-state index >= 15 is 0 Å². The minimum atomic E-state index is -0.666. The molecule has 0 saturated carbocycles. The Kier molecular flexibility index (Phi) is 6.77. The fourth-order valence-electron chi connectivity index (χ4n) is 3.58. The third kappa shape index (κ3) is 5.78. The lowest BCUT2D eigenvalue weighted by atomic mass is 9.93. The van der Waals surface area contributed by atoms with Crippen molar-refractivity contribution in [3.63, 3.8) is 0 Å². The number of halogens is 1. The second-order valence-electron chi connectivity index (χ2n) is 9.75. The predicted octanol–water partition coefficient (Wildman–Crippen LogP) is 5.88. The lowest BCUT2D eigenvalue weighted by Crippen LogP contribution is -2.19. The molecule has 4 aromatic rings. The third-order valence-electron chi connectivity index (χ3n) is 5.71. The first-order valence-corrected chi connectivity index (χ1v) is 11.9. The largest absolute Gasteiger partial charge is 0.493 e. The number of nitrogens with one attached hydrogen (secondary N) is 2. The Bertz CT molecular complexity index is 1480. The van der Waals surface area contributed by atoms with E-state index in [4.69, 9.17) is 23.5 Å². The summed E-state index contributed by atoms with van der Waals surface area (Å²) in [5.41, 5.74) is 0.567. The number of nitrogens with zero attached hydrogens (tertiary/aromatic N) is 2. The molecule has 1 aliphatic heterocycles. The van der Waals surface area contributed by atoms with Crippen molar-refractivity contribution < 1.29 is 32.7 Å². The Morgan fingerprint density at radius 3 is 2.58 bits per heavy atom. The molecule has 11 heteroatoms. The lowest BCUT2D eigenvalue weighted by Gasteiger charge is -2.14. The van der Waals surface area contributed by atoms with Crippen LogP contribution in [0, 0.1) is 5.82 Å². The second-order valence-corrected chi connectivity index (χ2v) is 9.75. The van der Waals surface area contributed by atoms with E-state index in [9.17, 15) is 9.18 Å². The number of urea groups is 1. The number of anilines is 2. The van der Waals surface area contributed by atoms with Gasteiger partial charge in [0.25, 0.3) is 0 Å². The molecule has 0 spiro atoms. The summed E-state index contributed by atoms with van der Waals surface area (Å²) < 4.78 is 42.5. The van der Waals surface area contributed by atoms with Gasteiger partial charge in [0.15, 0.2) is 28.9 Å². The molecule has 3 heterocycles. The van der Waals surface area contributed by atoms with E-state index in [1.807, 2.05) is 20.8 Å². The van der Waals surface area contributed by atoms with Gasteiger partial charge in [-0.1, -0.05) is 25.9 Å². The summed E-state index contributed by atoms with van der Waals surface area (Å²) in [4.78, 5) is 16.7. The van der Waals surface area contributed by atoms with Crippen LogP contribution in [0.25, 0.3) is 10.9 Å². The number of hydrogen-bond donors (Lipinski definition) is 2. The number of amides is 2. The number of hydrogen-bond acceptors (Lipinski definition) is 8. The zero-order valence-corrected chi connectivity index (χ0v) is 21.3. The predicted molar refractivity (Wildman–Crippen MR) is 138 cm³/mol. The zero-order valence-electron chi connectivity index (χ0n) is 21.3. The molecule has 1 atom stereocenters. The number of ether oxygens (including phenoxy) is 4. The summed E-state index contributed by atoms with van der Waals surface area (Å²) in [5.74, 6) is 1.58. The molecule has 2 aromatic heterocycles. The average molecular weight is 523 g/mol. The SMILES string of the molecule is COc1cc2c(Oc3ccc(NC(=O)Nc4cc(C(C)(C)C)on4)cc3F)ccnc2cc1OCC1CO1. The highest BCUT2D eigenvalue weighted by molar-refractivity contribution is 5.99. The van der Waals surface area contributed by atoms with Gasteiger partial charge >= 0.3 is 6.03 Å². The summed E-state index contributed by atoms with van der Waals surface area (Å²) in [6.07, 6.45) is 1.65. The van der Waals surface area contributed by atoms with Crippen molar-refractivity contribution in [2.24, 2.45) is 0 Å². The minimum absolute atomic E-state index is 0.0278. The maximum absolute atomic E-state index is 14.9. The van der Waals surface area contributed by atoms with E-state index in [0.29, 0.717) is 47.1 Å². The van der Waals surface area contributed by atoms with Gasteiger partial charge in [-0.15, -0.1) is 0 Å².